The maximum absolute atomic E-state index is 12.8. The molecule has 2 spiro atoms. The fourth-order valence-electron chi connectivity index (χ4n) is 9.35. The summed E-state index contributed by atoms with van der Waals surface area (Å²) in [7, 11) is -5.53. The van der Waals surface area contributed by atoms with E-state index >= 15 is 0 Å². The summed E-state index contributed by atoms with van der Waals surface area (Å²) in [5, 5.41) is 5.97. The number of rotatable bonds is 8. The van der Waals surface area contributed by atoms with Crippen LogP contribution in [-0.2, 0) is 34.4 Å². The smallest absolute Gasteiger partial charge is 0.338 e. The molecule has 0 atom stereocenters. The van der Waals surface area contributed by atoms with Gasteiger partial charge < -0.3 is 15.4 Å². The Morgan fingerprint density at radius 1 is 0.661 bits per heavy atom. The number of amides is 2. The van der Waals surface area contributed by atoms with Gasteiger partial charge in [0.25, 0.3) is 11.8 Å². The van der Waals surface area contributed by atoms with Gasteiger partial charge in [-0.2, -0.15) is 0 Å². The highest BCUT2D eigenvalue weighted by molar-refractivity contribution is 7.89. The number of amidine groups is 2. The molecular weight excluding hydrogens is 833 g/mol. The summed E-state index contributed by atoms with van der Waals surface area (Å²) in [4.78, 5) is 58.2. The number of carbonyl (C=O) groups excluding carboxylic acids is 4. The van der Waals surface area contributed by atoms with E-state index in [4.69, 9.17) is 9.98 Å². The van der Waals surface area contributed by atoms with Crippen LogP contribution in [0.3, 0.4) is 0 Å². The molecular formula is C45H62N6O9S2. The van der Waals surface area contributed by atoms with Gasteiger partial charge in [-0.25, -0.2) is 30.2 Å². The second kappa shape index (κ2) is 20.0. The highest BCUT2D eigenvalue weighted by atomic mass is 32.2. The Kier molecular flexibility index (Phi) is 15.2. The minimum absolute atomic E-state index is 0.0313. The Hall–Kier alpha value is -4.32. The number of piperidine rings is 2. The van der Waals surface area contributed by atoms with Gasteiger partial charge in [-0.15, -0.1) is 0 Å². The number of nitrogens with zero attached hydrogens (tertiary/aromatic N) is 4. The molecule has 2 saturated carbocycles. The van der Waals surface area contributed by atoms with Crippen molar-refractivity contribution in [3.8, 4) is 0 Å². The number of hydrogen-bond acceptors (Lipinski definition) is 11. The van der Waals surface area contributed by atoms with E-state index in [-0.39, 0.29) is 30.9 Å². The van der Waals surface area contributed by atoms with E-state index < -0.39 is 42.7 Å². The molecule has 2 aromatic carbocycles. The first kappa shape index (κ1) is 47.2. The average molecular weight is 895 g/mol. The summed E-state index contributed by atoms with van der Waals surface area (Å²) in [6, 6.07) is 14.3. The van der Waals surface area contributed by atoms with Crippen LogP contribution in [0, 0.1) is 25.7 Å². The van der Waals surface area contributed by atoms with Gasteiger partial charge in [-0.05, 0) is 82.4 Å². The van der Waals surface area contributed by atoms with Crippen molar-refractivity contribution in [2.45, 2.75) is 115 Å². The number of benzene rings is 2. The number of methoxy groups -OCH3 is 1. The van der Waals surface area contributed by atoms with Gasteiger partial charge in [-0.1, -0.05) is 81.0 Å². The van der Waals surface area contributed by atoms with E-state index in [2.05, 4.69) is 15.4 Å². The van der Waals surface area contributed by atoms with Crippen molar-refractivity contribution in [2.24, 2.45) is 21.8 Å². The largest absolute Gasteiger partial charge is 0.465 e. The van der Waals surface area contributed by atoms with Crippen LogP contribution in [0.2, 0.25) is 0 Å². The SMILES string of the molecule is COC(=O)c1ccccc1C.CS(=O)(=O)N1CCC2(CC1)N=C(C1CCCCC1)NC2=O.Cc1ccccc1C(=O)CS(=O)(=O)N1CCC2(CC1)N=C(C1CCCCC1)NC2=O. The number of esters is 1. The number of sulfonamides is 2. The zero-order valence-corrected chi connectivity index (χ0v) is 38.1. The highest BCUT2D eigenvalue weighted by Gasteiger charge is 2.49. The molecule has 2 amide bonds. The Morgan fingerprint density at radius 3 is 1.47 bits per heavy atom. The lowest BCUT2D eigenvalue weighted by Crippen LogP contribution is -2.51. The van der Waals surface area contributed by atoms with Crippen LogP contribution in [0.1, 0.15) is 122 Å². The molecule has 2 saturated heterocycles. The van der Waals surface area contributed by atoms with E-state index in [1.54, 1.807) is 31.2 Å². The van der Waals surface area contributed by atoms with Crippen LogP contribution in [0.5, 0.6) is 0 Å². The number of carbonyl (C=O) groups is 4. The fourth-order valence-corrected chi connectivity index (χ4v) is 11.6. The van der Waals surface area contributed by atoms with Crippen LogP contribution < -0.4 is 10.6 Å². The topological polar surface area (TPSA) is 201 Å². The summed E-state index contributed by atoms with van der Waals surface area (Å²) in [5.41, 5.74) is 1.22. The first-order valence-corrected chi connectivity index (χ1v) is 25.4. The van der Waals surface area contributed by atoms with Crippen LogP contribution in [-0.4, -0.2) is 117 Å². The van der Waals surface area contributed by atoms with Crippen molar-refractivity contribution in [3.05, 3.63) is 70.8 Å². The van der Waals surface area contributed by atoms with Crippen molar-refractivity contribution in [2.75, 3.05) is 45.3 Å². The predicted octanol–water partition coefficient (Wildman–Crippen LogP) is 5.12. The summed E-state index contributed by atoms with van der Waals surface area (Å²) in [6.45, 7) is 4.86. The lowest BCUT2D eigenvalue weighted by molar-refractivity contribution is -0.125. The molecule has 8 rings (SSSR count). The Labute approximate surface area is 366 Å². The third-order valence-corrected chi connectivity index (χ3v) is 16.3. The Morgan fingerprint density at radius 2 is 1.06 bits per heavy atom. The zero-order valence-electron chi connectivity index (χ0n) is 36.5. The van der Waals surface area contributed by atoms with Crippen LogP contribution in [0.4, 0.5) is 0 Å². The standard InChI is InChI=1S/C22H29N3O4S.C14H23N3O3S.C9H10O2/c1-16-7-5-6-10-18(16)19(26)15-30(28,29)25-13-11-22(12-14-25)21(27)23-20(24-22)17-8-3-2-4-9-17;1-21(19,20)17-9-7-14(8-10-17)13(18)15-12(16-14)11-5-3-2-4-6-11;1-7-5-3-4-6-8(7)9(10)11-2/h5-7,10,17H,2-4,8-9,11-15H2,1H3,(H,23,24,27);11H,2-10H2,1H3,(H,15,16,18);3-6H,1-2H3. The zero-order chi connectivity index (χ0) is 44.7. The molecule has 2 N–H and O–H groups in total. The van der Waals surface area contributed by atoms with Crippen LogP contribution in [0.25, 0.3) is 0 Å². The Balaban J connectivity index is 0.000000173. The quantitative estimate of drug-likeness (QED) is 0.267. The summed E-state index contributed by atoms with van der Waals surface area (Å²) in [5.74, 6) is 0.997. The number of ether oxygens (including phenoxy) is 1. The van der Waals surface area contributed by atoms with Gasteiger partial charge in [-0.3, -0.25) is 24.4 Å². The number of nitrogens with one attached hydrogen (secondary N) is 2. The van der Waals surface area contributed by atoms with Gasteiger partial charge in [0.2, 0.25) is 20.0 Å². The van der Waals surface area contributed by atoms with Crippen molar-refractivity contribution in [1.29, 1.82) is 0 Å². The fraction of sp³-hybridized carbons (Fsp3) is 0.600. The van der Waals surface area contributed by atoms with Gasteiger partial charge >= 0.3 is 5.97 Å². The number of ketones is 1. The van der Waals surface area contributed by atoms with Crippen molar-refractivity contribution >= 4 is 55.3 Å². The number of aryl methyl sites for hydroxylation is 2. The van der Waals surface area contributed by atoms with Crippen LogP contribution >= 0.6 is 0 Å². The van der Waals surface area contributed by atoms with E-state index in [0.29, 0.717) is 61.7 Å². The molecule has 338 valence electrons. The van der Waals surface area contributed by atoms with Crippen molar-refractivity contribution < 1.29 is 40.8 Å². The third kappa shape index (κ3) is 11.1. The minimum Gasteiger partial charge on any atom is -0.465 e. The number of aliphatic imine (C=N–C) groups is 2. The minimum atomic E-state index is -3.74. The average Bonchev–Trinajstić information content (AvgIpc) is 3.75. The van der Waals surface area contributed by atoms with Crippen molar-refractivity contribution in [3.63, 3.8) is 0 Å². The molecule has 0 unspecified atom stereocenters. The van der Waals surface area contributed by atoms with E-state index in [1.807, 2.05) is 31.2 Å². The van der Waals surface area contributed by atoms with Gasteiger partial charge in [0.05, 0.1) is 18.9 Å². The maximum Gasteiger partial charge on any atom is 0.338 e. The maximum atomic E-state index is 12.8. The third-order valence-electron chi connectivity index (χ3n) is 13.3. The second-order valence-electron chi connectivity index (χ2n) is 17.5. The molecule has 15 nitrogen and oxygen atoms in total. The van der Waals surface area contributed by atoms with Gasteiger partial charge in [0.1, 0.15) is 28.5 Å². The van der Waals surface area contributed by atoms with E-state index in [9.17, 15) is 36.0 Å². The molecule has 4 heterocycles. The predicted molar refractivity (Wildman–Crippen MR) is 238 cm³/mol. The molecule has 4 aliphatic heterocycles. The first-order valence-electron chi connectivity index (χ1n) is 21.9. The number of hydrogen-bond donors (Lipinski definition) is 2. The summed E-state index contributed by atoms with van der Waals surface area (Å²) >= 11 is 0. The number of Topliss-reactive ketones (excluding diaryl/α,β-unsaturated/α-hetero) is 1. The molecule has 4 fully saturated rings. The normalized spacial score (nSPS) is 22.0. The summed E-state index contributed by atoms with van der Waals surface area (Å²) < 4.78 is 56.2. The van der Waals surface area contributed by atoms with Gasteiger partial charge in [0.15, 0.2) is 5.78 Å². The monoisotopic (exact) mass is 894 g/mol. The van der Waals surface area contributed by atoms with Gasteiger partial charge in [0, 0.05) is 43.6 Å². The van der Waals surface area contributed by atoms with E-state index in [1.165, 1.54) is 47.7 Å². The molecule has 17 heteroatoms. The molecule has 2 aliphatic carbocycles. The molecule has 0 aromatic heterocycles. The second-order valence-corrected chi connectivity index (χ2v) is 21.4. The van der Waals surface area contributed by atoms with E-state index in [0.717, 1.165) is 61.3 Å². The van der Waals surface area contributed by atoms with Crippen molar-refractivity contribution in [1.82, 2.24) is 19.2 Å². The lowest BCUT2D eigenvalue weighted by atomic mass is 9.88. The Bertz CT molecular complexity index is 2270. The summed E-state index contributed by atoms with van der Waals surface area (Å²) in [6.07, 6.45) is 14.4. The molecule has 0 bridgehead atoms. The van der Waals surface area contributed by atoms with Crippen LogP contribution in [0.15, 0.2) is 58.5 Å². The molecule has 0 radical (unpaired) electrons. The molecule has 62 heavy (non-hydrogen) atoms. The lowest BCUT2D eigenvalue weighted by Gasteiger charge is -2.34. The molecule has 6 aliphatic rings. The highest BCUT2D eigenvalue weighted by Crippen LogP contribution is 2.36. The molecule has 2 aromatic rings. The first-order chi connectivity index (χ1) is 29.5.